The molecule has 1 aliphatic heterocycles. The second-order valence-electron chi connectivity index (χ2n) is 3.80. The summed E-state index contributed by atoms with van der Waals surface area (Å²) >= 11 is 0. The molecule has 0 bridgehead atoms. The zero-order chi connectivity index (χ0) is 10.9. The summed E-state index contributed by atoms with van der Waals surface area (Å²) in [4.78, 5) is 0. The molecule has 0 aromatic heterocycles. The average Bonchev–Trinajstić information content (AvgIpc) is 2.16. The predicted octanol–water partition coefficient (Wildman–Crippen LogP) is 2.51. The summed E-state index contributed by atoms with van der Waals surface area (Å²) < 4.78 is 21.5. The molecular formula is C11H15NO2S. The Bertz CT molecular complexity index is 477. The Morgan fingerprint density at radius 1 is 1.40 bits per heavy atom. The number of hydrogen-bond acceptors (Lipinski definition) is 3. The van der Waals surface area contributed by atoms with Crippen molar-refractivity contribution in [1.82, 2.24) is 0 Å². The van der Waals surface area contributed by atoms with Gasteiger partial charge in [-0.25, -0.2) is 4.21 Å². The van der Waals surface area contributed by atoms with Crippen LogP contribution in [0, 0.1) is 6.92 Å². The number of ether oxygens (including phenoxy) is 1. The number of rotatable bonds is 2. The van der Waals surface area contributed by atoms with E-state index in [2.05, 4.69) is 4.36 Å². The van der Waals surface area contributed by atoms with E-state index in [1.165, 1.54) is 0 Å². The molecule has 1 saturated heterocycles. The third-order valence-corrected chi connectivity index (χ3v) is 4.91. The highest BCUT2D eigenvalue weighted by Gasteiger charge is 2.20. The standard InChI is InChI=1S/C11H15NO2S/c1-9-4-5-11(14-2)10(8-9)12-15(13)6-3-7-15/h4-5,8H,3,6-7H2,1-2H3. The summed E-state index contributed by atoms with van der Waals surface area (Å²) in [7, 11) is -0.338. The quantitative estimate of drug-likeness (QED) is 0.775. The number of methoxy groups -OCH3 is 1. The normalized spacial score (nSPS) is 18.0. The molecule has 2 rings (SSSR count). The van der Waals surface area contributed by atoms with Crippen molar-refractivity contribution in [2.24, 2.45) is 4.36 Å². The maximum atomic E-state index is 12.0. The van der Waals surface area contributed by atoms with Gasteiger partial charge in [0, 0.05) is 11.5 Å². The van der Waals surface area contributed by atoms with Crippen LogP contribution in [0.1, 0.15) is 12.0 Å². The van der Waals surface area contributed by atoms with Crippen molar-refractivity contribution in [1.29, 1.82) is 0 Å². The molecule has 15 heavy (non-hydrogen) atoms. The van der Waals surface area contributed by atoms with E-state index >= 15 is 0 Å². The third-order valence-electron chi connectivity index (χ3n) is 2.53. The fourth-order valence-corrected chi connectivity index (χ4v) is 3.00. The van der Waals surface area contributed by atoms with Crippen LogP contribution in [0.3, 0.4) is 0 Å². The van der Waals surface area contributed by atoms with Crippen LogP contribution in [0.5, 0.6) is 5.75 Å². The van der Waals surface area contributed by atoms with E-state index in [0.717, 1.165) is 29.2 Å². The molecule has 4 heteroatoms. The summed E-state index contributed by atoms with van der Waals surface area (Å²) in [6, 6.07) is 5.75. The zero-order valence-electron chi connectivity index (χ0n) is 9.03. The minimum absolute atomic E-state index is 0.704. The van der Waals surface area contributed by atoms with Crippen molar-refractivity contribution in [3.05, 3.63) is 23.8 Å². The molecule has 1 aromatic carbocycles. The molecule has 0 saturated carbocycles. The van der Waals surface area contributed by atoms with Crippen LogP contribution < -0.4 is 4.74 Å². The lowest BCUT2D eigenvalue weighted by molar-refractivity contribution is 0.416. The fraction of sp³-hybridized carbons (Fsp3) is 0.455. The molecule has 1 fully saturated rings. The van der Waals surface area contributed by atoms with Gasteiger partial charge in [-0.1, -0.05) is 6.07 Å². The first-order valence-corrected chi connectivity index (χ1v) is 6.85. The number of aryl methyl sites for hydroxylation is 1. The monoisotopic (exact) mass is 225 g/mol. The summed E-state index contributed by atoms with van der Waals surface area (Å²) in [6.45, 7) is 1.99. The van der Waals surface area contributed by atoms with Gasteiger partial charge in [-0.15, -0.1) is 0 Å². The topological polar surface area (TPSA) is 38.7 Å². The maximum Gasteiger partial charge on any atom is 0.145 e. The molecule has 0 amide bonds. The molecule has 0 atom stereocenters. The SMILES string of the molecule is COc1ccc(C)cc1N=S1(=O)CCC1. The first-order chi connectivity index (χ1) is 7.13. The Kier molecular flexibility index (Phi) is 2.69. The van der Waals surface area contributed by atoms with Gasteiger partial charge < -0.3 is 4.74 Å². The van der Waals surface area contributed by atoms with Crippen molar-refractivity contribution in [2.75, 3.05) is 18.6 Å². The Morgan fingerprint density at radius 2 is 2.13 bits per heavy atom. The Morgan fingerprint density at radius 3 is 2.67 bits per heavy atom. The van der Waals surface area contributed by atoms with Crippen molar-refractivity contribution >= 4 is 15.4 Å². The van der Waals surface area contributed by atoms with Crippen LogP contribution in [-0.2, 0) is 9.73 Å². The summed E-state index contributed by atoms with van der Waals surface area (Å²) in [6.07, 6.45) is 1.02. The van der Waals surface area contributed by atoms with Gasteiger partial charge >= 0.3 is 0 Å². The lowest BCUT2D eigenvalue weighted by atomic mass is 10.2. The first-order valence-electron chi connectivity index (χ1n) is 5.00. The van der Waals surface area contributed by atoms with Gasteiger partial charge in [-0.3, -0.25) is 0 Å². The maximum absolute atomic E-state index is 12.0. The second kappa shape index (κ2) is 3.85. The van der Waals surface area contributed by atoms with E-state index in [4.69, 9.17) is 4.74 Å². The second-order valence-corrected chi connectivity index (χ2v) is 6.35. The van der Waals surface area contributed by atoms with Gasteiger partial charge in [-0.05, 0) is 31.0 Å². The van der Waals surface area contributed by atoms with Gasteiger partial charge in [0.2, 0.25) is 0 Å². The van der Waals surface area contributed by atoms with E-state index in [-0.39, 0.29) is 0 Å². The Labute approximate surface area is 90.6 Å². The van der Waals surface area contributed by atoms with Gasteiger partial charge in [0.05, 0.1) is 16.8 Å². The summed E-state index contributed by atoms with van der Waals surface area (Å²) in [5, 5.41) is 0. The highest BCUT2D eigenvalue weighted by molar-refractivity contribution is 7.95. The number of hydrogen-bond donors (Lipinski definition) is 0. The van der Waals surface area contributed by atoms with Crippen molar-refractivity contribution in [2.45, 2.75) is 13.3 Å². The summed E-state index contributed by atoms with van der Waals surface area (Å²) in [5.41, 5.74) is 1.83. The number of benzene rings is 1. The minimum Gasteiger partial charge on any atom is -0.494 e. The van der Waals surface area contributed by atoms with E-state index in [9.17, 15) is 4.21 Å². The molecule has 1 heterocycles. The van der Waals surface area contributed by atoms with Crippen LogP contribution in [0.25, 0.3) is 0 Å². The molecule has 1 aliphatic rings. The van der Waals surface area contributed by atoms with Crippen molar-refractivity contribution in [3.8, 4) is 5.75 Å². The van der Waals surface area contributed by atoms with E-state index in [1.807, 2.05) is 25.1 Å². The van der Waals surface area contributed by atoms with Gasteiger partial charge in [-0.2, -0.15) is 4.36 Å². The highest BCUT2D eigenvalue weighted by atomic mass is 32.2. The molecule has 0 unspecified atom stereocenters. The molecule has 3 nitrogen and oxygen atoms in total. The lowest BCUT2D eigenvalue weighted by Gasteiger charge is -2.18. The minimum atomic E-state index is -1.95. The molecule has 0 spiro atoms. The molecule has 82 valence electrons. The lowest BCUT2D eigenvalue weighted by Crippen LogP contribution is -2.23. The Balaban J connectivity index is 2.47. The molecule has 0 aliphatic carbocycles. The van der Waals surface area contributed by atoms with Crippen LogP contribution in [0.15, 0.2) is 22.6 Å². The smallest absolute Gasteiger partial charge is 0.145 e. The average molecular weight is 225 g/mol. The van der Waals surface area contributed by atoms with Crippen LogP contribution >= 0.6 is 0 Å². The third kappa shape index (κ3) is 2.15. The van der Waals surface area contributed by atoms with Gasteiger partial charge in [0.15, 0.2) is 0 Å². The van der Waals surface area contributed by atoms with E-state index in [1.54, 1.807) is 7.11 Å². The first kappa shape index (κ1) is 10.5. The molecule has 0 N–H and O–H groups in total. The molecular weight excluding hydrogens is 210 g/mol. The predicted molar refractivity (Wildman–Crippen MR) is 62.3 cm³/mol. The molecule has 1 aromatic rings. The van der Waals surface area contributed by atoms with Crippen LogP contribution in [0.4, 0.5) is 5.69 Å². The van der Waals surface area contributed by atoms with Crippen LogP contribution in [0.2, 0.25) is 0 Å². The fourth-order valence-electron chi connectivity index (χ4n) is 1.53. The Hall–Kier alpha value is -1.03. The zero-order valence-corrected chi connectivity index (χ0v) is 9.84. The van der Waals surface area contributed by atoms with Gasteiger partial charge in [0.25, 0.3) is 0 Å². The van der Waals surface area contributed by atoms with E-state index in [0.29, 0.717) is 5.75 Å². The number of nitrogens with zero attached hydrogens (tertiary/aromatic N) is 1. The van der Waals surface area contributed by atoms with Crippen molar-refractivity contribution in [3.63, 3.8) is 0 Å². The van der Waals surface area contributed by atoms with E-state index < -0.39 is 9.73 Å². The van der Waals surface area contributed by atoms with Gasteiger partial charge in [0.1, 0.15) is 11.4 Å². The highest BCUT2D eigenvalue weighted by Crippen LogP contribution is 2.31. The van der Waals surface area contributed by atoms with Crippen molar-refractivity contribution < 1.29 is 8.95 Å². The largest absolute Gasteiger partial charge is 0.494 e. The van der Waals surface area contributed by atoms with Crippen LogP contribution in [-0.4, -0.2) is 22.8 Å². The summed E-state index contributed by atoms with van der Waals surface area (Å²) in [5.74, 6) is 2.16. The molecule has 0 radical (unpaired) electrons.